The molecule has 0 unspecified atom stereocenters. The van der Waals surface area contributed by atoms with Crippen molar-refractivity contribution in [3.05, 3.63) is 41.8 Å². The molecule has 0 atom stereocenters. The topological polar surface area (TPSA) is 63.1 Å². The largest absolute Gasteiger partial charge is 0.481 e. The van der Waals surface area contributed by atoms with Crippen LogP contribution in [0.15, 0.2) is 35.4 Å². The minimum absolute atomic E-state index is 0.0502. The van der Waals surface area contributed by atoms with Gasteiger partial charge in [-0.1, -0.05) is 25.1 Å². The van der Waals surface area contributed by atoms with E-state index in [4.69, 9.17) is 5.11 Å². The maximum Gasteiger partial charge on any atom is 0.313 e. The van der Waals surface area contributed by atoms with E-state index in [-0.39, 0.29) is 11.6 Å². The van der Waals surface area contributed by atoms with Gasteiger partial charge in [-0.15, -0.1) is 0 Å². The van der Waals surface area contributed by atoms with Gasteiger partial charge in [0.2, 0.25) is 0 Å². The van der Waals surface area contributed by atoms with Gasteiger partial charge in [0.05, 0.1) is 5.75 Å². The van der Waals surface area contributed by atoms with Crippen LogP contribution in [0.1, 0.15) is 19.0 Å². The number of aryl methyl sites for hydroxylation is 1. The average molecular weight is 306 g/mol. The maximum absolute atomic E-state index is 13.0. The lowest BCUT2D eigenvalue weighted by Gasteiger charge is -2.07. The van der Waals surface area contributed by atoms with Crippen molar-refractivity contribution in [1.29, 1.82) is 0 Å². The summed E-state index contributed by atoms with van der Waals surface area (Å²) in [4.78, 5) is 19.5. The van der Waals surface area contributed by atoms with E-state index >= 15 is 0 Å². The molecule has 0 radical (unpaired) electrons. The second-order valence-electron chi connectivity index (χ2n) is 4.46. The fourth-order valence-electron chi connectivity index (χ4n) is 1.79. The van der Waals surface area contributed by atoms with Crippen molar-refractivity contribution in [2.45, 2.75) is 24.8 Å². The second kappa shape index (κ2) is 7.17. The van der Waals surface area contributed by atoms with Gasteiger partial charge in [-0.3, -0.25) is 4.79 Å². The van der Waals surface area contributed by atoms with Gasteiger partial charge in [-0.2, -0.15) is 0 Å². The van der Waals surface area contributed by atoms with Gasteiger partial charge in [-0.25, -0.2) is 14.4 Å². The van der Waals surface area contributed by atoms with Gasteiger partial charge in [0.25, 0.3) is 0 Å². The minimum atomic E-state index is -0.890. The molecule has 21 heavy (non-hydrogen) atoms. The first-order valence-corrected chi connectivity index (χ1v) is 7.55. The van der Waals surface area contributed by atoms with Gasteiger partial charge >= 0.3 is 5.97 Å². The standard InChI is InChI=1S/C15H15FN2O2S/c1-2-3-12-8-13(21-9-14(19)20)18-15(17-12)10-4-6-11(16)7-5-10/h4-8H,2-3,9H2,1H3,(H,19,20). The summed E-state index contributed by atoms with van der Waals surface area (Å²) < 4.78 is 13.0. The molecule has 0 aliphatic carbocycles. The molecule has 0 aliphatic heterocycles. The third-order valence-electron chi connectivity index (χ3n) is 2.71. The monoisotopic (exact) mass is 306 g/mol. The molecule has 110 valence electrons. The Hall–Kier alpha value is -1.95. The van der Waals surface area contributed by atoms with Crippen molar-refractivity contribution in [2.24, 2.45) is 0 Å². The molecule has 0 aliphatic rings. The summed E-state index contributed by atoms with van der Waals surface area (Å²) in [6, 6.07) is 7.76. The normalized spacial score (nSPS) is 10.6. The lowest BCUT2D eigenvalue weighted by molar-refractivity contribution is -0.133. The van der Waals surface area contributed by atoms with Crippen LogP contribution >= 0.6 is 11.8 Å². The highest BCUT2D eigenvalue weighted by Gasteiger charge is 2.09. The Bertz CT molecular complexity index is 632. The van der Waals surface area contributed by atoms with Gasteiger partial charge in [0, 0.05) is 11.3 Å². The second-order valence-corrected chi connectivity index (χ2v) is 5.46. The zero-order valence-electron chi connectivity index (χ0n) is 11.5. The van der Waals surface area contributed by atoms with Crippen LogP contribution in [0.3, 0.4) is 0 Å². The molecule has 0 saturated heterocycles. The number of carbonyl (C=O) groups is 1. The zero-order valence-corrected chi connectivity index (χ0v) is 12.4. The number of halogens is 1. The summed E-state index contributed by atoms with van der Waals surface area (Å²) in [6.07, 6.45) is 1.72. The van der Waals surface area contributed by atoms with E-state index < -0.39 is 5.97 Å². The van der Waals surface area contributed by atoms with Crippen LogP contribution in [0.2, 0.25) is 0 Å². The van der Waals surface area contributed by atoms with Crippen LogP contribution in [0.4, 0.5) is 4.39 Å². The molecule has 0 bridgehead atoms. The number of aliphatic carboxylic acids is 1. The molecule has 0 spiro atoms. The van der Waals surface area contributed by atoms with Crippen molar-refractivity contribution in [3.8, 4) is 11.4 Å². The first-order valence-electron chi connectivity index (χ1n) is 6.57. The van der Waals surface area contributed by atoms with Gasteiger partial charge in [-0.05, 0) is 36.8 Å². The fraction of sp³-hybridized carbons (Fsp3) is 0.267. The average Bonchev–Trinajstić information content (AvgIpc) is 2.46. The van der Waals surface area contributed by atoms with E-state index in [0.29, 0.717) is 16.4 Å². The SMILES string of the molecule is CCCc1cc(SCC(=O)O)nc(-c2ccc(F)cc2)n1. The number of thioether (sulfide) groups is 1. The number of hydrogen-bond donors (Lipinski definition) is 1. The van der Waals surface area contributed by atoms with E-state index in [9.17, 15) is 9.18 Å². The first-order chi connectivity index (χ1) is 10.1. The predicted molar refractivity (Wildman–Crippen MR) is 79.8 cm³/mol. The lowest BCUT2D eigenvalue weighted by Crippen LogP contribution is -2.01. The van der Waals surface area contributed by atoms with Crippen molar-refractivity contribution >= 4 is 17.7 Å². The van der Waals surface area contributed by atoms with Crippen LogP contribution in [0.5, 0.6) is 0 Å². The van der Waals surface area contributed by atoms with Gasteiger partial charge < -0.3 is 5.11 Å². The summed E-state index contributed by atoms with van der Waals surface area (Å²) in [5.74, 6) is -0.761. The number of carboxylic acid groups (broad SMARTS) is 1. The molecular weight excluding hydrogens is 291 g/mol. The van der Waals surface area contributed by atoms with Crippen LogP contribution in [-0.4, -0.2) is 26.8 Å². The van der Waals surface area contributed by atoms with E-state index in [0.717, 1.165) is 30.3 Å². The zero-order chi connectivity index (χ0) is 15.2. The van der Waals surface area contributed by atoms with E-state index in [1.807, 2.05) is 13.0 Å². The van der Waals surface area contributed by atoms with Gasteiger partial charge in [0.15, 0.2) is 5.82 Å². The van der Waals surface area contributed by atoms with Crippen LogP contribution in [0, 0.1) is 5.82 Å². The molecule has 1 N–H and O–H groups in total. The molecule has 1 heterocycles. The summed E-state index contributed by atoms with van der Waals surface area (Å²) in [6.45, 7) is 2.05. The summed E-state index contributed by atoms with van der Waals surface area (Å²) in [7, 11) is 0. The van der Waals surface area contributed by atoms with E-state index in [2.05, 4.69) is 9.97 Å². The summed E-state index contributed by atoms with van der Waals surface area (Å²) in [5, 5.41) is 9.38. The molecule has 6 heteroatoms. The summed E-state index contributed by atoms with van der Waals surface area (Å²) >= 11 is 1.16. The smallest absolute Gasteiger partial charge is 0.313 e. The fourth-order valence-corrected chi connectivity index (χ4v) is 2.44. The number of hydrogen-bond acceptors (Lipinski definition) is 4. The Morgan fingerprint density at radius 3 is 2.62 bits per heavy atom. The van der Waals surface area contributed by atoms with Crippen molar-refractivity contribution in [2.75, 3.05) is 5.75 Å². The first kappa shape index (κ1) is 15.4. The maximum atomic E-state index is 13.0. The molecule has 2 rings (SSSR count). The molecule has 1 aromatic carbocycles. The molecule has 4 nitrogen and oxygen atoms in total. The lowest BCUT2D eigenvalue weighted by atomic mass is 10.2. The molecule has 2 aromatic rings. The summed E-state index contributed by atoms with van der Waals surface area (Å²) in [5.41, 5.74) is 1.58. The number of aromatic nitrogens is 2. The third kappa shape index (κ3) is 4.53. The van der Waals surface area contributed by atoms with Crippen LogP contribution in [-0.2, 0) is 11.2 Å². The molecule has 1 aromatic heterocycles. The predicted octanol–water partition coefficient (Wildman–Crippen LogP) is 3.41. The van der Waals surface area contributed by atoms with Crippen molar-refractivity contribution in [1.82, 2.24) is 9.97 Å². The molecule has 0 amide bonds. The highest BCUT2D eigenvalue weighted by molar-refractivity contribution is 7.99. The highest BCUT2D eigenvalue weighted by atomic mass is 32.2. The number of benzene rings is 1. The van der Waals surface area contributed by atoms with Crippen LogP contribution in [0.25, 0.3) is 11.4 Å². The van der Waals surface area contributed by atoms with Crippen LogP contribution < -0.4 is 0 Å². The number of rotatable bonds is 6. The Labute approximate surface area is 126 Å². The van der Waals surface area contributed by atoms with E-state index in [1.165, 1.54) is 12.1 Å². The quantitative estimate of drug-likeness (QED) is 0.654. The van der Waals surface area contributed by atoms with Crippen molar-refractivity contribution < 1.29 is 14.3 Å². The Balaban J connectivity index is 2.34. The van der Waals surface area contributed by atoms with Crippen molar-refractivity contribution in [3.63, 3.8) is 0 Å². The highest BCUT2D eigenvalue weighted by Crippen LogP contribution is 2.22. The molecule has 0 saturated carbocycles. The van der Waals surface area contributed by atoms with E-state index in [1.54, 1.807) is 12.1 Å². The Morgan fingerprint density at radius 1 is 1.29 bits per heavy atom. The molecule has 0 fully saturated rings. The Morgan fingerprint density at radius 2 is 2.00 bits per heavy atom. The Kier molecular flexibility index (Phi) is 5.27. The third-order valence-corrected chi connectivity index (χ3v) is 3.60. The number of nitrogens with zero attached hydrogens (tertiary/aromatic N) is 2. The number of carboxylic acids is 1. The minimum Gasteiger partial charge on any atom is -0.481 e. The molecular formula is C15H15FN2O2S. The van der Waals surface area contributed by atoms with Gasteiger partial charge in [0.1, 0.15) is 10.8 Å².